The highest BCUT2D eigenvalue weighted by Crippen LogP contribution is 2.24. The summed E-state index contributed by atoms with van der Waals surface area (Å²) in [6, 6.07) is 4.09. The van der Waals surface area contributed by atoms with E-state index >= 15 is 0 Å². The van der Waals surface area contributed by atoms with E-state index in [-0.39, 0.29) is 6.04 Å². The van der Waals surface area contributed by atoms with Gasteiger partial charge in [-0.2, -0.15) is 0 Å². The quantitative estimate of drug-likeness (QED) is 0.858. The Labute approximate surface area is 94.3 Å². The summed E-state index contributed by atoms with van der Waals surface area (Å²) in [5, 5.41) is 5.06. The van der Waals surface area contributed by atoms with Crippen LogP contribution < -0.4 is 5.32 Å². The number of nitrogens with zero attached hydrogens (tertiary/aromatic N) is 1. The van der Waals surface area contributed by atoms with Gasteiger partial charge in [0.1, 0.15) is 5.76 Å². The van der Waals surface area contributed by atoms with Gasteiger partial charge < -0.3 is 9.73 Å². The van der Waals surface area contributed by atoms with E-state index in [4.69, 9.17) is 4.42 Å². The Balaban J connectivity index is 1.88. The molecule has 1 N–H and O–H groups in total. The van der Waals surface area contributed by atoms with Crippen LogP contribution in [0.1, 0.15) is 32.1 Å². The van der Waals surface area contributed by atoms with Crippen molar-refractivity contribution in [1.29, 1.82) is 0 Å². The van der Waals surface area contributed by atoms with Crippen LogP contribution in [0.3, 0.4) is 0 Å². The Bertz CT molecular complexity index is 334. The molecule has 15 heavy (non-hydrogen) atoms. The maximum absolute atomic E-state index is 5.33. The first kappa shape index (κ1) is 10.6. The first-order valence-electron chi connectivity index (χ1n) is 5.30. The third kappa shape index (κ3) is 2.56. The summed E-state index contributed by atoms with van der Waals surface area (Å²) in [5.41, 5.74) is 0. The second kappa shape index (κ2) is 4.75. The Hall–Kier alpha value is -0.900. The fourth-order valence-corrected chi connectivity index (χ4v) is 2.53. The van der Waals surface area contributed by atoms with Gasteiger partial charge >= 0.3 is 0 Å². The average Bonchev–Trinajstić information content (AvgIpc) is 2.87. The summed E-state index contributed by atoms with van der Waals surface area (Å²) in [4.78, 5) is 4.46. The van der Waals surface area contributed by atoms with Gasteiger partial charge in [-0.3, -0.25) is 4.99 Å². The monoisotopic (exact) mass is 224 g/mol. The molecule has 2 heterocycles. The number of hydrogen-bond donors (Lipinski definition) is 1. The molecule has 1 aliphatic rings. The normalized spacial score (nSPS) is 22.5. The highest BCUT2D eigenvalue weighted by molar-refractivity contribution is 8.14. The Morgan fingerprint density at radius 1 is 1.73 bits per heavy atom. The van der Waals surface area contributed by atoms with E-state index < -0.39 is 0 Å². The topological polar surface area (TPSA) is 37.5 Å². The average molecular weight is 224 g/mol. The zero-order chi connectivity index (χ0) is 10.7. The molecule has 4 heteroatoms. The second-order valence-electron chi connectivity index (χ2n) is 3.68. The molecule has 0 aromatic carbocycles. The summed E-state index contributed by atoms with van der Waals surface area (Å²) in [5.74, 6) is 0.957. The van der Waals surface area contributed by atoms with Gasteiger partial charge in [-0.25, -0.2) is 0 Å². The molecule has 3 nitrogen and oxygen atoms in total. The lowest BCUT2D eigenvalue weighted by molar-refractivity contribution is 0.464. The van der Waals surface area contributed by atoms with Crippen LogP contribution in [0.2, 0.25) is 0 Å². The van der Waals surface area contributed by atoms with E-state index in [0.29, 0.717) is 5.25 Å². The molecule has 82 valence electrons. The van der Waals surface area contributed by atoms with E-state index in [9.17, 15) is 0 Å². The molecule has 0 bridgehead atoms. The van der Waals surface area contributed by atoms with Gasteiger partial charge in [0.15, 0.2) is 5.17 Å². The smallest absolute Gasteiger partial charge is 0.157 e. The summed E-state index contributed by atoms with van der Waals surface area (Å²) in [6.07, 6.45) is 2.88. The fourth-order valence-electron chi connectivity index (χ4n) is 1.50. The van der Waals surface area contributed by atoms with Crippen LogP contribution in [0.4, 0.5) is 0 Å². The summed E-state index contributed by atoms with van der Waals surface area (Å²) >= 11 is 1.83. The lowest BCUT2D eigenvalue weighted by Crippen LogP contribution is -2.22. The van der Waals surface area contributed by atoms with Crippen molar-refractivity contribution in [2.75, 3.05) is 6.54 Å². The molecular formula is C11H16N2OS. The number of nitrogens with one attached hydrogen (secondary N) is 1. The molecule has 1 aromatic heterocycles. The van der Waals surface area contributed by atoms with Crippen LogP contribution >= 0.6 is 11.8 Å². The maximum atomic E-state index is 5.33. The lowest BCUT2D eigenvalue weighted by atomic mass is 10.3. The zero-order valence-corrected chi connectivity index (χ0v) is 9.88. The van der Waals surface area contributed by atoms with Crippen molar-refractivity contribution in [3.8, 4) is 0 Å². The zero-order valence-electron chi connectivity index (χ0n) is 9.06. The molecule has 0 saturated heterocycles. The second-order valence-corrected chi connectivity index (χ2v) is 4.96. The molecule has 2 unspecified atom stereocenters. The summed E-state index contributed by atoms with van der Waals surface area (Å²) in [6.45, 7) is 5.22. The summed E-state index contributed by atoms with van der Waals surface area (Å²) in [7, 11) is 0. The largest absolute Gasteiger partial charge is 0.467 e. The molecular weight excluding hydrogens is 208 g/mol. The number of amidine groups is 1. The lowest BCUT2D eigenvalue weighted by Gasteiger charge is -2.12. The third-order valence-corrected chi connectivity index (χ3v) is 3.77. The molecule has 0 saturated carbocycles. The van der Waals surface area contributed by atoms with E-state index in [1.807, 2.05) is 23.9 Å². The van der Waals surface area contributed by atoms with Crippen molar-refractivity contribution in [2.24, 2.45) is 4.99 Å². The SMILES string of the molecule is CCC1CN=C(NC(C)c2ccco2)S1. The van der Waals surface area contributed by atoms with E-state index in [1.54, 1.807) is 6.26 Å². The number of thioether (sulfide) groups is 1. The van der Waals surface area contributed by atoms with Crippen LogP contribution in [-0.4, -0.2) is 17.0 Å². The molecule has 2 rings (SSSR count). The first-order valence-corrected chi connectivity index (χ1v) is 6.18. The molecule has 0 radical (unpaired) electrons. The highest BCUT2D eigenvalue weighted by Gasteiger charge is 2.19. The minimum atomic E-state index is 0.196. The third-order valence-electron chi connectivity index (χ3n) is 2.48. The van der Waals surface area contributed by atoms with Crippen molar-refractivity contribution < 1.29 is 4.42 Å². The molecule has 0 spiro atoms. The number of hydrogen-bond acceptors (Lipinski definition) is 4. The summed E-state index contributed by atoms with van der Waals surface area (Å²) < 4.78 is 5.33. The molecule has 0 amide bonds. The highest BCUT2D eigenvalue weighted by atomic mass is 32.2. The maximum Gasteiger partial charge on any atom is 0.157 e. The van der Waals surface area contributed by atoms with Crippen molar-refractivity contribution in [3.05, 3.63) is 24.2 Å². The van der Waals surface area contributed by atoms with Gasteiger partial charge in [-0.1, -0.05) is 18.7 Å². The van der Waals surface area contributed by atoms with Crippen molar-refractivity contribution in [1.82, 2.24) is 5.32 Å². The molecule has 0 fully saturated rings. The van der Waals surface area contributed by atoms with Gasteiger partial charge in [0.25, 0.3) is 0 Å². The number of furan rings is 1. The molecule has 1 aliphatic heterocycles. The van der Waals surface area contributed by atoms with Gasteiger partial charge in [-0.05, 0) is 25.5 Å². The van der Waals surface area contributed by atoms with Crippen LogP contribution in [0.15, 0.2) is 27.8 Å². The van der Waals surface area contributed by atoms with Crippen molar-refractivity contribution in [3.63, 3.8) is 0 Å². The van der Waals surface area contributed by atoms with Gasteiger partial charge in [-0.15, -0.1) is 0 Å². The van der Waals surface area contributed by atoms with Gasteiger partial charge in [0.05, 0.1) is 18.8 Å². The Morgan fingerprint density at radius 2 is 2.60 bits per heavy atom. The minimum Gasteiger partial charge on any atom is -0.467 e. The van der Waals surface area contributed by atoms with Crippen molar-refractivity contribution in [2.45, 2.75) is 31.6 Å². The Kier molecular flexibility index (Phi) is 3.36. The van der Waals surface area contributed by atoms with Crippen LogP contribution in [0.5, 0.6) is 0 Å². The van der Waals surface area contributed by atoms with E-state index in [0.717, 1.165) is 17.5 Å². The predicted molar refractivity (Wildman–Crippen MR) is 64.2 cm³/mol. The number of rotatable bonds is 3. The fraction of sp³-hybridized carbons (Fsp3) is 0.545. The number of aliphatic imine (C=N–C) groups is 1. The first-order chi connectivity index (χ1) is 7.29. The van der Waals surface area contributed by atoms with E-state index in [2.05, 4.69) is 24.2 Å². The van der Waals surface area contributed by atoms with Crippen molar-refractivity contribution >= 4 is 16.9 Å². The molecule has 2 atom stereocenters. The van der Waals surface area contributed by atoms with Gasteiger partial charge in [0, 0.05) is 5.25 Å². The van der Waals surface area contributed by atoms with E-state index in [1.165, 1.54) is 6.42 Å². The predicted octanol–water partition coefficient (Wildman–Crippen LogP) is 2.81. The molecule has 0 aliphatic carbocycles. The van der Waals surface area contributed by atoms with Crippen LogP contribution in [0.25, 0.3) is 0 Å². The van der Waals surface area contributed by atoms with Crippen LogP contribution in [-0.2, 0) is 0 Å². The van der Waals surface area contributed by atoms with Gasteiger partial charge in [0.2, 0.25) is 0 Å². The Morgan fingerprint density at radius 3 is 3.20 bits per heavy atom. The minimum absolute atomic E-state index is 0.196. The van der Waals surface area contributed by atoms with Crippen LogP contribution in [0, 0.1) is 0 Å². The standard InChI is InChI=1S/C11H16N2OS/c1-3-9-7-12-11(15-9)13-8(2)10-5-4-6-14-10/h4-6,8-9H,3,7H2,1-2H3,(H,12,13). The molecule has 1 aromatic rings.